The maximum absolute atomic E-state index is 12.6. The van der Waals surface area contributed by atoms with Crippen molar-refractivity contribution in [2.24, 2.45) is 11.0 Å². The van der Waals surface area contributed by atoms with Crippen LogP contribution in [0.15, 0.2) is 47.6 Å². The summed E-state index contributed by atoms with van der Waals surface area (Å²) in [5.41, 5.74) is 2.84. The van der Waals surface area contributed by atoms with Gasteiger partial charge in [-0.05, 0) is 42.3 Å². The van der Waals surface area contributed by atoms with Crippen LogP contribution in [0.3, 0.4) is 0 Å². The quantitative estimate of drug-likeness (QED) is 0.729. The Morgan fingerprint density at radius 3 is 2.32 bits per heavy atom. The average Bonchev–Trinajstić information content (AvgIpc) is 2.74. The minimum absolute atomic E-state index is 0.0342. The van der Waals surface area contributed by atoms with Crippen molar-refractivity contribution in [1.82, 2.24) is 5.01 Å². The molecular weight excluding hydrogens is 356 g/mol. The van der Waals surface area contributed by atoms with Gasteiger partial charge >= 0.3 is 0 Å². The monoisotopic (exact) mass is 382 g/mol. The Hall–Kier alpha value is -3.02. The lowest BCUT2D eigenvalue weighted by molar-refractivity contribution is -0.133. The van der Waals surface area contributed by atoms with E-state index in [9.17, 15) is 4.79 Å². The normalized spacial score (nSPS) is 16.6. The van der Waals surface area contributed by atoms with Crippen molar-refractivity contribution in [1.29, 1.82) is 0 Å². The minimum atomic E-state index is 0.0342. The number of hydrogen-bond acceptors (Lipinski definition) is 5. The predicted molar refractivity (Wildman–Crippen MR) is 108 cm³/mol. The smallest absolute Gasteiger partial charge is 0.243 e. The summed E-state index contributed by atoms with van der Waals surface area (Å²) in [6.07, 6.45) is 1.29. The Morgan fingerprint density at radius 1 is 1.00 bits per heavy atom. The molecule has 1 amide bonds. The standard InChI is InChI=1S/C22H26N2O4/c1-5-16-13-21(25)24(14-15-6-9-18(26-2)10-7-15)23-22(16)17-8-11-19(27-3)20(12-17)28-4/h6-12,16H,5,13-14H2,1-4H3. The van der Waals surface area contributed by atoms with Crippen molar-refractivity contribution in [3.05, 3.63) is 53.6 Å². The van der Waals surface area contributed by atoms with E-state index in [0.717, 1.165) is 29.0 Å². The van der Waals surface area contributed by atoms with Crippen LogP contribution in [-0.2, 0) is 11.3 Å². The van der Waals surface area contributed by atoms with Gasteiger partial charge < -0.3 is 14.2 Å². The van der Waals surface area contributed by atoms with E-state index in [4.69, 9.17) is 19.3 Å². The highest BCUT2D eigenvalue weighted by Crippen LogP contribution is 2.31. The number of rotatable bonds is 7. The summed E-state index contributed by atoms with van der Waals surface area (Å²) in [4.78, 5) is 12.6. The molecule has 0 N–H and O–H groups in total. The third-order valence-corrected chi connectivity index (χ3v) is 4.99. The second-order valence-electron chi connectivity index (χ2n) is 6.66. The lowest BCUT2D eigenvalue weighted by Crippen LogP contribution is -2.36. The van der Waals surface area contributed by atoms with Crippen LogP contribution in [0.5, 0.6) is 17.2 Å². The van der Waals surface area contributed by atoms with Gasteiger partial charge in [-0.15, -0.1) is 0 Å². The number of methoxy groups -OCH3 is 3. The summed E-state index contributed by atoms with van der Waals surface area (Å²) >= 11 is 0. The molecule has 6 heteroatoms. The molecule has 0 radical (unpaired) electrons. The van der Waals surface area contributed by atoms with E-state index >= 15 is 0 Å². The van der Waals surface area contributed by atoms with E-state index in [0.29, 0.717) is 24.5 Å². The molecule has 0 fully saturated rings. The first-order valence-electron chi connectivity index (χ1n) is 9.33. The largest absolute Gasteiger partial charge is 0.497 e. The van der Waals surface area contributed by atoms with E-state index in [-0.39, 0.29) is 11.8 Å². The van der Waals surface area contributed by atoms with Crippen molar-refractivity contribution in [3.8, 4) is 17.2 Å². The highest BCUT2D eigenvalue weighted by atomic mass is 16.5. The van der Waals surface area contributed by atoms with E-state index < -0.39 is 0 Å². The molecule has 0 saturated carbocycles. The Morgan fingerprint density at radius 2 is 1.71 bits per heavy atom. The maximum atomic E-state index is 12.6. The predicted octanol–water partition coefficient (Wildman–Crippen LogP) is 3.88. The van der Waals surface area contributed by atoms with Gasteiger partial charge in [-0.3, -0.25) is 4.79 Å². The molecule has 0 spiro atoms. The highest BCUT2D eigenvalue weighted by Gasteiger charge is 2.29. The molecule has 148 valence electrons. The van der Waals surface area contributed by atoms with Gasteiger partial charge in [0.05, 0.1) is 33.6 Å². The summed E-state index contributed by atoms with van der Waals surface area (Å²) in [7, 11) is 4.86. The minimum Gasteiger partial charge on any atom is -0.497 e. The summed E-state index contributed by atoms with van der Waals surface area (Å²) < 4.78 is 16.0. The maximum Gasteiger partial charge on any atom is 0.243 e. The molecule has 1 atom stereocenters. The molecule has 0 saturated heterocycles. The summed E-state index contributed by atoms with van der Waals surface area (Å²) in [5.74, 6) is 2.22. The fourth-order valence-corrected chi connectivity index (χ4v) is 3.33. The zero-order valence-electron chi connectivity index (χ0n) is 16.8. The van der Waals surface area contributed by atoms with Crippen LogP contribution in [0.25, 0.3) is 0 Å². The molecule has 1 heterocycles. The number of ether oxygens (including phenoxy) is 3. The number of carbonyl (C=O) groups excluding carboxylic acids is 1. The van der Waals surface area contributed by atoms with E-state index in [1.165, 1.54) is 0 Å². The molecule has 2 aromatic rings. The SMILES string of the molecule is CCC1CC(=O)N(Cc2ccc(OC)cc2)N=C1c1ccc(OC)c(OC)c1. The average molecular weight is 382 g/mol. The lowest BCUT2D eigenvalue weighted by Gasteiger charge is -2.29. The molecule has 3 rings (SSSR count). The molecule has 0 bridgehead atoms. The fraction of sp³-hybridized carbons (Fsp3) is 0.364. The Kier molecular flexibility index (Phi) is 6.19. The van der Waals surface area contributed by atoms with Crippen LogP contribution in [0, 0.1) is 5.92 Å². The van der Waals surface area contributed by atoms with Crippen molar-refractivity contribution < 1.29 is 19.0 Å². The number of hydrogen-bond donors (Lipinski definition) is 0. The van der Waals surface area contributed by atoms with Crippen LogP contribution >= 0.6 is 0 Å². The van der Waals surface area contributed by atoms with E-state index in [1.807, 2.05) is 42.5 Å². The first kappa shape index (κ1) is 19.7. The summed E-state index contributed by atoms with van der Waals surface area (Å²) in [6.45, 7) is 2.50. The van der Waals surface area contributed by atoms with Gasteiger partial charge in [-0.2, -0.15) is 5.10 Å². The summed E-state index contributed by atoms with van der Waals surface area (Å²) in [6, 6.07) is 13.4. The zero-order valence-corrected chi connectivity index (χ0v) is 16.8. The molecule has 2 aromatic carbocycles. The van der Waals surface area contributed by atoms with Gasteiger partial charge in [0.25, 0.3) is 0 Å². The van der Waals surface area contributed by atoms with Gasteiger partial charge in [0, 0.05) is 17.9 Å². The molecule has 28 heavy (non-hydrogen) atoms. The van der Waals surface area contributed by atoms with Gasteiger partial charge in [0.2, 0.25) is 5.91 Å². The van der Waals surface area contributed by atoms with Crippen molar-refractivity contribution in [2.75, 3.05) is 21.3 Å². The van der Waals surface area contributed by atoms with Gasteiger partial charge in [0.1, 0.15) is 5.75 Å². The van der Waals surface area contributed by atoms with Crippen LogP contribution < -0.4 is 14.2 Å². The molecular formula is C22H26N2O4. The molecule has 0 aromatic heterocycles. The molecule has 1 aliphatic heterocycles. The topological polar surface area (TPSA) is 60.4 Å². The summed E-state index contributed by atoms with van der Waals surface area (Å²) in [5, 5.41) is 6.28. The number of amides is 1. The first-order chi connectivity index (χ1) is 13.6. The van der Waals surface area contributed by atoms with Gasteiger partial charge in [-0.25, -0.2) is 5.01 Å². The number of benzene rings is 2. The third-order valence-electron chi connectivity index (χ3n) is 4.99. The second-order valence-corrected chi connectivity index (χ2v) is 6.66. The number of hydrazone groups is 1. The van der Waals surface area contributed by atoms with E-state index in [2.05, 4.69) is 6.92 Å². The second kappa shape index (κ2) is 8.78. The molecule has 0 aliphatic carbocycles. The molecule has 6 nitrogen and oxygen atoms in total. The zero-order chi connectivity index (χ0) is 20.1. The number of nitrogens with zero attached hydrogens (tertiary/aromatic N) is 2. The third kappa shape index (κ3) is 4.11. The molecule has 1 unspecified atom stereocenters. The van der Waals surface area contributed by atoms with E-state index in [1.54, 1.807) is 26.3 Å². The van der Waals surface area contributed by atoms with Crippen molar-refractivity contribution in [3.63, 3.8) is 0 Å². The Bertz CT molecular complexity index is 861. The first-order valence-corrected chi connectivity index (χ1v) is 9.33. The Balaban J connectivity index is 1.92. The van der Waals surface area contributed by atoms with Crippen molar-refractivity contribution in [2.45, 2.75) is 26.3 Å². The fourth-order valence-electron chi connectivity index (χ4n) is 3.33. The van der Waals surface area contributed by atoms with Crippen molar-refractivity contribution >= 4 is 11.6 Å². The lowest BCUT2D eigenvalue weighted by atomic mass is 9.89. The van der Waals surface area contributed by atoms with Gasteiger partial charge in [-0.1, -0.05) is 19.1 Å². The van der Waals surface area contributed by atoms with Crippen LogP contribution in [0.4, 0.5) is 0 Å². The highest BCUT2D eigenvalue weighted by molar-refractivity contribution is 6.06. The Labute approximate surface area is 165 Å². The van der Waals surface area contributed by atoms with Crippen LogP contribution in [-0.4, -0.2) is 38.0 Å². The van der Waals surface area contributed by atoms with Crippen LogP contribution in [0.2, 0.25) is 0 Å². The van der Waals surface area contributed by atoms with Crippen LogP contribution in [0.1, 0.15) is 30.9 Å². The molecule has 1 aliphatic rings. The number of carbonyl (C=O) groups is 1. The van der Waals surface area contributed by atoms with Gasteiger partial charge in [0.15, 0.2) is 11.5 Å².